The third kappa shape index (κ3) is 1.46. The number of anilines is 1. The molecule has 3 nitrogen and oxygen atoms in total. The third-order valence-corrected chi connectivity index (χ3v) is 1.53. The zero-order chi connectivity index (χ0) is 7.68. The maximum Gasteiger partial charge on any atom is 0.116 e. The van der Waals surface area contributed by atoms with Gasteiger partial charge in [0.2, 0.25) is 0 Å². The van der Waals surface area contributed by atoms with Crippen LogP contribution in [0.2, 0.25) is 0 Å². The van der Waals surface area contributed by atoms with Crippen molar-refractivity contribution in [2.24, 2.45) is 0 Å². The number of halogens is 1. The highest BCUT2D eigenvalue weighted by Gasteiger charge is 1.92. The second kappa shape index (κ2) is 3.36. The van der Waals surface area contributed by atoms with E-state index in [-0.39, 0.29) is 12.4 Å². The van der Waals surface area contributed by atoms with E-state index in [2.05, 4.69) is 9.97 Å². The lowest BCUT2D eigenvalue weighted by Gasteiger charge is -1.95. The Balaban J connectivity index is 0.000000720. The highest BCUT2D eigenvalue weighted by molar-refractivity contribution is 5.85. The van der Waals surface area contributed by atoms with Crippen molar-refractivity contribution in [3.05, 3.63) is 30.7 Å². The minimum absolute atomic E-state index is 0. The molecule has 0 amide bonds. The SMILES string of the molecule is Cl.Nc1ccc2cncnc2c1. The Morgan fingerprint density at radius 2 is 2.08 bits per heavy atom. The quantitative estimate of drug-likeness (QED) is 0.629. The van der Waals surface area contributed by atoms with Crippen molar-refractivity contribution >= 4 is 29.0 Å². The summed E-state index contributed by atoms with van der Waals surface area (Å²) in [4.78, 5) is 7.94. The molecule has 0 saturated carbocycles. The largest absolute Gasteiger partial charge is 0.399 e. The van der Waals surface area contributed by atoms with Crippen molar-refractivity contribution in [1.29, 1.82) is 0 Å². The van der Waals surface area contributed by atoms with E-state index >= 15 is 0 Å². The Morgan fingerprint density at radius 3 is 2.92 bits per heavy atom. The smallest absolute Gasteiger partial charge is 0.116 e. The molecule has 0 spiro atoms. The predicted molar refractivity (Wildman–Crippen MR) is 51.2 cm³/mol. The summed E-state index contributed by atoms with van der Waals surface area (Å²) in [6, 6.07) is 5.58. The van der Waals surface area contributed by atoms with Crippen LogP contribution in [0.1, 0.15) is 0 Å². The normalized spacial score (nSPS) is 9.33. The number of hydrogen-bond acceptors (Lipinski definition) is 3. The molecule has 2 rings (SSSR count). The first-order chi connectivity index (χ1) is 5.36. The van der Waals surface area contributed by atoms with Gasteiger partial charge >= 0.3 is 0 Å². The lowest BCUT2D eigenvalue weighted by molar-refractivity contribution is 1.22. The molecular weight excluding hydrogens is 174 g/mol. The topological polar surface area (TPSA) is 51.8 Å². The van der Waals surface area contributed by atoms with Crippen LogP contribution >= 0.6 is 12.4 Å². The van der Waals surface area contributed by atoms with E-state index in [1.54, 1.807) is 6.20 Å². The van der Waals surface area contributed by atoms with Gasteiger partial charge in [-0.3, -0.25) is 0 Å². The molecule has 0 aliphatic heterocycles. The molecule has 12 heavy (non-hydrogen) atoms. The molecular formula is C8H8ClN3. The lowest BCUT2D eigenvalue weighted by Crippen LogP contribution is -1.85. The first-order valence-corrected chi connectivity index (χ1v) is 3.31. The summed E-state index contributed by atoms with van der Waals surface area (Å²) in [6.45, 7) is 0. The van der Waals surface area contributed by atoms with E-state index in [1.807, 2.05) is 18.2 Å². The zero-order valence-electron chi connectivity index (χ0n) is 6.27. The molecule has 0 unspecified atom stereocenters. The van der Waals surface area contributed by atoms with Gasteiger partial charge < -0.3 is 5.73 Å². The van der Waals surface area contributed by atoms with Crippen LogP contribution in [0.15, 0.2) is 30.7 Å². The highest BCUT2D eigenvalue weighted by atomic mass is 35.5. The second-order valence-electron chi connectivity index (χ2n) is 2.34. The molecule has 0 atom stereocenters. The molecule has 1 aromatic carbocycles. The number of rotatable bonds is 0. The van der Waals surface area contributed by atoms with E-state index in [9.17, 15) is 0 Å². The number of nitrogens with zero attached hydrogens (tertiary/aromatic N) is 2. The summed E-state index contributed by atoms with van der Waals surface area (Å²) < 4.78 is 0. The fraction of sp³-hybridized carbons (Fsp3) is 0. The number of fused-ring (bicyclic) bond motifs is 1. The average Bonchev–Trinajstić information content (AvgIpc) is 2.04. The van der Waals surface area contributed by atoms with Crippen LogP contribution in [0.5, 0.6) is 0 Å². The van der Waals surface area contributed by atoms with Crippen LogP contribution in [-0.4, -0.2) is 9.97 Å². The fourth-order valence-electron chi connectivity index (χ4n) is 0.991. The molecule has 0 saturated heterocycles. The van der Waals surface area contributed by atoms with Crippen molar-refractivity contribution in [2.45, 2.75) is 0 Å². The predicted octanol–water partition coefficient (Wildman–Crippen LogP) is 1.63. The minimum atomic E-state index is 0. The van der Waals surface area contributed by atoms with E-state index in [1.165, 1.54) is 6.33 Å². The molecule has 0 aliphatic carbocycles. The molecule has 2 aromatic rings. The molecule has 0 radical (unpaired) electrons. The molecule has 0 aliphatic rings. The second-order valence-corrected chi connectivity index (χ2v) is 2.34. The van der Waals surface area contributed by atoms with Crippen LogP contribution < -0.4 is 5.73 Å². The Bertz CT molecular complexity index is 389. The molecule has 1 heterocycles. The molecule has 62 valence electrons. The summed E-state index contributed by atoms with van der Waals surface area (Å²) in [5.74, 6) is 0. The first kappa shape index (κ1) is 8.74. The molecule has 1 aromatic heterocycles. The maximum absolute atomic E-state index is 5.56. The number of nitrogens with two attached hydrogens (primary N) is 1. The number of nitrogen functional groups attached to an aromatic ring is 1. The van der Waals surface area contributed by atoms with Gasteiger partial charge in [-0.1, -0.05) is 0 Å². The Hall–Kier alpha value is -1.35. The van der Waals surface area contributed by atoms with Gasteiger partial charge in [0.1, 0.15) is 6.33 Å². The summed E-state index contributed by atoms with van der Waals surface area (Å²) >= 11 is 0. The number of aromatic nitrogens is 2. The van der Waals surface area contributed by atoms with Crippen LogP contribution in [0.4, 0.5) is 5.69 Å². The van der Waals surface area contributed by atoms with Crippen LogP contribution in [0.25, 0.3) is 10.9 Å². The van der Waals surface area contributed by atoms with Gasteiger partial charge in [-0.2, -0.15) is 0 Å². The van der Waals surface area contributed by atoms with E-state index in [0.29, 0.717) is 0 Å². The van der Waals surface area contributed by atoms with Crippen molar-refractivity contribution in [3.63, 3.8) is 0 Å². The van der Waals surface area contributed by atoms with E-state index < -0.39 is 0 Å². The molecule has 0 fully saturated rings. The van der Waals surface area contributed by atoms with E-state index in [0.717, 1.165) is 16.6 Å². The van der Waals surface area contributed by atoms with Gasteiger partial charge in [0, 0.05) is 17.3 Å². The van der Waals surface area contributed by atoms with Gasteiger partial charge in [0.05, 0.1) is 5.52 Å². The van der Waals surface area contributed by atoms with Crippen molar-refractivity contribution < 1.29 is 0 Å². The maximum atomic E-state index is 5.56. The first-order valence-electron chi connectivity index (χ1n) is 3.31. The average molecular weight is 182 g/mol. The Kier molecular flexibility index (Phi) is 2.45. The van der Waals surface area contributed by atoms with Gasteiger partial charge in [0.15, 0.2) is 0 Å². The van der Waals surface area contributed by atoms with Crippen molar-refractivity contribution in [3.8, 4) is 0 Å². The van der Waals surface area contributed by atoms with Crippen LogP contribution in [-0.2, 0) is 0 Å². The summed E-state index contributed by atoms with van der Waals surface area (Å²) in [7, 11) is 0. The Labute approximate surface area is 76.0 Å². The fourth-order valence-corrected chi connectivity index (χ4v) is 0.991. The molecule has 4 heteroatoms. The number of benzene rings is 1. The monoisotopic (exact) mass is 181 g/mol. The lowest BCUT2D eigenvalue weighted by atomic mass is 10.2. The zero-order valence-corrected chi connectivity index (χ0v) is 7.08. The molecule has 2 N–H and O–H groups in total. The van der Waals surface area contributed by atoms with Gasteiger partial charge in [-0.25, -0.2) is 9.97 Å². The van der Waals surface area contributed by atoms with Crippen LogP contribution in [0.3, 0.4) is 0 Å². The van der Waals surface area contributed by atoms with Gasteiger partial charge in [-0.05, 0) is 18.2 Å². The minimum Gasteiger partial charge on any atom is -0.399 e. The van der Waals surface area contributed by atoms with Crippen LogP contribution in [0, 0.1) is 0 Å². The van der Waals surface area contributed by atoms with Gasteiger partial charge in [0.25, 0.3) is 0 Å². The van der Waals surface area contributed by atoms with Gasteiger partial charge in [-0.15, -0.1) is 12.4 Å². The summed E-state index contributed by atoms with van der Waals surface area (Å²) in [5.41, 5.74) is 7.18. The standard InChI is InChI=1S/C8H7N3.ClH/c9-7-2-1-6-4-10-5-11-8(6)3-7;/h1-5H,9H2;1H. The van der Waals surface area contributed by atoms with Crippen molar-refractivity contribution in [1.82, 2.24) is 9.97 Å². The Morgan fingerprint density at radius 1 is 1.25 bits per heavy atom. The summed E-state index contributed by atoms with van der Waals surface area (Å²) in [6.07, 6.45) is 3.28. The summed E-state index contributed by atoms with van der Waals surface area (Å²) in [5, 5.41) is 1.02. The third-order valence-electron chi connectivity index (χ3n) is 1.53. The van der Waals surface area contributed by atoms with E-state index in [4.69, 9.17) is 5.73 Å². The molecule has 0 bridgehead atoms. The highest BCUT2D eigenvalue weighted by Crippen LogP contribution is 2.12. The van der Waals surface area contributed by atoms with Crippen molar-refractivity contribution in [2.75, 3.05) is 5.73 Å². The number of hydrogen-bond donors (Lipinski definition) is 1.